The maximum atomic E-state index is 9.16. The molecule has 1 N–H and O–H groups in total. The summed E-state index contributed by atoms with van der Waals surface area (Å²) < 4.78 is 11.0. The number of ether oxygens (including phenoxy) is 2. The van der Waals surface area contributed by atoms with Gasteiger partial charge in [0.25, 0.3) is 0 Å². The topological polar surface area (TPSA) is 38.7 Å². The predicted octanol–water partition coefficient (Wildman–Crippen LogP) is 2.18. The highest BCUT2D eigenvalue weighted by Gasteiger charge is 2.01. The monoisotopic (exact) mass is 246 g/mol. The molecule has 0 aliphatic carbocycles. The van der Waals surface area contributed by atoms with E-state index < -0.39 is 0 Å². The molecule has 1 aromatic rings. The Kier molecular flexibility index (Phi) is 4.05. The zero-order chi connectivity index (χ0) is 9.68. The molecule has 0 spiro atoms. The minimum Gasteiger partial charge on any atom is -0.508 e. The summed E-state index contributed by atoms with van der Waals surface area (Å²) in [6.07, 6.45) is 0. The van der Waals surface area contributed by atoms with Gasteiger partial charge in [-0.25, -0.2) is 0 Å². The van der Waals surface area contributed by atoms with Crippen LogP contribution in [-0.4, -0.2) is 25.4 Å². The van der Waals surface area contributed by atoms with Crippen molar-refractivity contribution in [1.29, 1.82) is 0 Å². The quantitative estimate of drug-likeness (QED) is 0.829. The second-order valence-corrected chi connectivity index (χ2v) is 3.31. The van der Waals surface area contributed by atoms with E-state index >= 15 is 0 Å². The van der Waals surface area contributed by atoms with Gasteiger partial charge in [-0.3, -0.25) is 0 Å². The highest BCUT2D eigenvalue weighted by atomic mass is 79.9. The van der Waals surface area contributed by atoms with E-state index in [1.54, 1.807) is 25.3 Å². The van der Waals surface area contributed by atoms with Gasteiger partial charge in [-0.1, -0.05) is 0 Å². The average Bonchev–Trinajstić information content (AvgIpc) is 2.11. The zero-order valence-corrected chi connectivity index (χ0v) is 8.87. The minimum atomic E-state index is 0.190. The van der Waals surface area contributed by atoms with E-state index in [1.165, 1.54) is 0 Å². The van der Waals surface area contributed by atoms with Crippen LogP contribution >= 0.6 is 15.9 Å². The van der Waals surface area contributed by atoms with Crippen LogP contribution in [0.5, 0.6) is 11.5 Å². The smallest absolute Gasteiger partial charge is 0.137 e. The molecule has 0 radical (unpaired) electrons. The maximum Gasteiger partial charge on any atom is 0.137 e. The molecule has 0 fully saturated rings. The lowest BCUT2D eigenvalue weighted by molar-refractivity contribution is 0.146. The van der Waals surface area contributed by atoms with Crippen LogP contribution in [0.15, 0.2) is 22.7 Å². The molecule has 72 valence electrons. The van der Waals surface area contributed by atoms with E-state index in [0.717, 1.165) is 4.47 Å². The number of hydrogen-bond donors (Lipinski definition) is 1. The molecular formula is C9H11BrO3. The summed E-state index contributed by atoms with van der Waals surface area (Å²) in [5.74, 6) is 0.813. The molecule has 13 heavy (non-hydrogen) atoms. The van der Waals surface area contributed by atoms with Crippen LogP contribution in [0.3, 0.4) is 0 Å². The van der Waals surface area contributed by atoms with Gasteiger partial charge in [0.05, 0.1) is 11.1 Å². The first-order valence-corrected chi connectivity index (χ1v) is 4.63. The van der Waals surface area contributed by atoms with Crippen molar-refractivity contribution in [2.75, 3.05) is 20.3 Å². The van der Waals surface area contributed by atoms with Crippen LogP contribution < -0.4 is 4.74 Å². The molecule has 0 saturated carbocycles. The molecule has 0 unspecified atom stereocenters. The van der Waals surface area contributed by atoms with E-state index in [-0.39, 0.29) is 5.75 Å². The maximum absolute atomic E-state index is 9.16. The lowest BCUT2D eigenvalue weighted by Crippen LogP contribution is -2.04. The Bertz CT molecular complexity index is 276. The van der Waals surface area contributed by atoms with E-state index in [9.17, 15) is 0 Å². The van der Waals surface area contributed by atoms with Crippen LogP contribution in [-0.2, 0) is 4.74 Å². The first-order chi connectivity index (χ1) is 6.24. The Hall–Kier alpha value is -0.740. The molecule has 0 aliphatic rings. The molecule has 0 atom stereocenters. The Morgan fingerprint density at radius 3 is 2.85 bits per heavy atom. The largest absolute Gasteiger partial charge is 0.508 e. The molecule has 1 aromatic carbocycles. The van der Waals surface area contributed by atoms with Gasteiger partial charge < -0.3 is 14.6 Å². The van der Waals surface area contributed by atoms with Crippen LogP contribution in [0, 0.1) is 0 Å². The van der Waals surface area contributed by atoms with Crippen molar-refractivity contribution in [3.8, 4) is 11.5 Å². The number of phenolic OH excluding ortho intramolecular Hbond substituents is 1. The molecule has 0 aliphatic heterocycles. The molecule has 0 amide bonds. The average molecular weight is 247 g/mol. The number of methoxy groups -OCH3 is 1. The standard InChI is InChI=1S/C9H11BrO3/c1-12-4-5-13-9-6-7(11)2-3-8(9)10/h2-3,6,11H,4-5H2,1H3. The van der Waals surface area contributed by atoms with Gasteiger partial charge in [0.15, 0.2) is 0 Å². The third kappa shape index (κ3) is 3.24. The fourth-order valence-corrected chi connectivity index (χ4v) is 1.20. The van der Waals surface area contributed by atoms with Crippen LogP contribution in [0.25, 0.3) is 0 Å². The van der Waals surface area contributed by atoms with Gasteiger partial charge in [0.1, 0.15) is 18.1 Å². The Morgan fingerprint density at radius 1 is 1.38 bits per heavy atom. The fourth-order valence-electron chi connectivity index (χ4n) is 0.838. The lowest BCUT2D eigenvalue weighted by Gasteiger charge is -2.07. The Balaban J connectivity index is 2.59. The highest BCUT2D eigenvalue weighted by Crippen LogP contribution is 2.28. The molecular weight excluding hydrogens is 236 g/mol. The van der Waals surface area contributed by atoms with Gasteiger partial charge in [-0.05, 0) is 28.1 Å². The summed E-state index contributed by atoms with van der Waals surface area (Å²) in [5.41, 5.74) is 0. The second kappa shape index (κ2) is 5.09. The molecule has 0 saturated heterocycles. The third-order valence-electron chi connectivity index (χ3n) is 1.46. The number of aromatic hydroxyl groups is 1. The van der Waals surface area contributed by atoms with Crippen molar-refractivity contribution in [1.82, 2.24) is 0 Å². The van der Waals surface area contributed by atoms with E-state index in [1.807, 2.05) is 0 Å². The van der Waals surface area contributed by atoms with Gasteiger partial charge >= 0.3 is 0 Å². The number of halogens is 1. The van der Waals surface area contributed by atoms with Gasteiger partial charge in [0.2, 0.25) is 0 Å². The third-order valence-corrected chi connectivity index (χ3v) is 2.11. The van der Waals surface area contributed by atoms with Crippen molar-refractivity contribution in [2.24, 2.45) is 0 Å². The number of phenols is 1. The van der Waals surface area contributed by atoms with Crippen molar-refractivity contribution in [3.05, 3.63) is 22.7 Å². The summed E-state index contributed by atoms with van der Waals surface area (Å²) >= 11 is 3.31. The van der Waals surface area contributed by atoms with Gasteiger partial charge in [-0.15, -0.1) is 0 Å². The highest BCUT2D eigenvalue weighted by molar-refractivity contribution is 9.10. The minimum absolute atomic E-state index is 0.190. The summed E-state index contributed by atoms with van der Waals surface area (Å²) in [6.45, 7) is 1.00. The molecule has 0 bridgehead atoms. The van der Waals surface area contributed by atoms with Crippen molar-refractivity contribution in [3.63, 3.8) is 0 Å². The van der Waals surface area contributed by atoms with Crippen molar-refractivity contribution >= 4 is 15.9 Å². The molecule has 4 heteroatoms. The van der Waals surface area contributed by atoms with Crippen molar-refractivity contribution in [2.45, 2.75) is 0 Å². The number of hydrogen-bond acceptors (Lipinski definition) is 3. The zero-order valence-electron chi connectivity index (χ0n) is 7.29. The summed E-state index contributed by atoms with van der Waals surface area (Å²) in [4.78, 5) is 0. The fraction of sp³-hybridized carbons (Fsp3) is 0.333. The number of rotatable bonds is 4. The Labute approximate surface area is 85.4 Å². The second-order valence-electron chi connectivity index (χ2n) is 2.46. The molecule has 0 aromatic heterocycles. The Morgan fingerprint density at radius 2 is 2.15 bits per heavy atom. The van der Waals surface area contributed by atoms with E-state index in [4.69, 9.17) is 14.6 Å². The lowest BCUT2D eigenvalue weighted by atomic mass is 10.3. The van der Waals surface area contributed by atoms with Crippen LogP contribution in [0.4, 0.5) is 0 Å². The van der Waals surface area contributed by atoms with Crippen LogP contribution in [0.1, 0.15) is 0 Å². The van der Waals surface area contributed by atoms with Gasteiger partial charge in [0, 0.05) is 13.2 Å². The summed E-state index contributed by atoms with van der Waals surface area (Å²) in [5, 5.41) is 9.16. The molecule has 0 heterocycles. The molecule has 1 rings (SSSR count). The summed E-state index contributed by atoms with van der Waals surface area (Å²) in [7, 11) is 1.61. The van der Waals surface area contributed by atoms with Crippen molar-refractivity contribution < 1.29 is 14.6 Å². The van der Waals surface area contributed by atoms with Crippen LogP contribution in [0.2, 0.25) is 0 Å². The first kappa shape index (κ1) is 10.3. The predicted molar refractivity (Wildman–Crippen MR) is 53.2 cm³/mol. The SMILES string of the molecule is COCCOc1cc(O)ccc1Br. The first-order valence-electron chi connectivity index (χ1n) is 3.84. The van der Waals surface area contributed by atoms with E-state index in [2.05, 4.69) is 15.9 Å². The summed E-state index contributed by atoms with van der Waals surface area (Å²) in [6, 6.07) is 4.88. The number of benzene rings is 1. The molecule has 3 nitrogen and oxygen atoms in total. The van der Waals surface area contributed by atoms with E-state index in [0.29, 0.717) is 19.0 Å². The normalized spacial score (nSPS) is 10.0. The van der Waals surface area contributed by atoms with Gasteiger partial charge in [-0.2, -0.15) is 0 Å².